The summed E-state index contributed by atoms with van der Waals surface area (Å²) in [5, 5.41) is 18.2. The van der Waals surface area contributed by atoms with Crippen LogP contribution >= 0.6 is 0 Å². The molecular formula is C22H26N4O. The van der Waals surface area contributed by atoms with Crippen molar-refractivity contribution in [2.45, 2.75) is 50.9 Å². The zero-order valence-electron chi connectivity index (χ0n) is 15.5. The first-order valence-corrected chi connectivity index (χ1v) is 9.70. The molecule has 2 heterocycles. The number of aliphatic hydroxyl groups excluding tert-OH is 1. The van der Waals surface area contributed by atoms with Gasteiger partial charge >= 0.3 is 0 Å². The second kappa shape index (κ2) is 8.46. The van der Waals surface area contributed by atoms with Crippen molar-refractivity contribution in [2.24, 2.45) is 0 Å². The second-order valence-electron chi connectivity index (χ2n) is 7.31. The van der Waals surface area contributed by atoms with E-state index in [1.165, 1.54) is 11.1 Å². The summed E-state index contributed by atoms with van der Waals surface area (Å²) in [7, 11) is 0. The molecule has 5 heteroatoms. The maximum Gasteiger partial charge on any atom is 0.0983 e. The number of nitrogens with one attached hydrogen (secondary N) is 1. The van der Waals surface area contributed by atoms with E-state index in [-0.39, 0.29) is 6.10 Å². The predicted molar refractivity (Wildman–Crippen MR) is 106 cm³/mol. The molecule has 140 valence electrons. The molecule has 1 aliphatic rings. The van der Waals surface area contributed by atoms with Crippen molar-refractivity contribution in [3.05, 3.63) is 72.2 Å². The maximum atomic E-state index is 9.70. The lowest BCUT2D eigenvalue weighted by molar-refractivity contribution is 0.116. The molecule has 0 saturated heterocycles. The SMILES string of the molecule is OC1CCC(NCc2cn(Cc3ccccc3)nc2-c2cccnc2)CC1. The van der Waals surface area contributed by atoms with E-state index >= 15 is 0 Å². The number of hydrogen-bond acceptors (Lipinski definition) is 4. The van der Waals surface area contributed by atoms with Crippen LogP contribution in [0.3, 0.4) is 0 Å². The Morgan fingerprint density at radius 3 is 2.59 bits per heavy atom. The topological polar surface area (TPSA) is 63.0 Å². The molecule has 0 atom stereocenters. The van der Waals surface area contributed by atoms with Crippen LogP contribution in [-0.2, 0) is 13.1 Å². The quantitative estimate of drug-likeness (QED) is 0.706. The highest BCUT2D eigenvalue weighted by Gasteiger charge is 2.20. The fraction of sp³-hybridized carbons (Fsp3) is 0.364. The van der Waals surface area contributed by atoms with Crippen molar-refractivity contribution in [3.63, 3.8) is 0 Å². The highest BCUT2D eigenvalue weighted by atomic mass is 16.3. The summed E-state index contributed by atoms with van der Waals surface area (Å²) in [6.45, 7) is 1.53. The predicted octanol–water partition coefficient (Wildman–Crippen LogP) is 3.39. The normalized spacial score (nSPS) is 19.9. The molecule has 0 unspecified atom stereocenters. The van der Waals surface area contributed by atoms with Crippen molar-refractivity contribution in [1.82, 2.24) is 20.1 Å². The molecule has 0 amide bonds. The first kappa shape index (κ1) is 17.9. The van der Waals surface area contributed by atoms with Gasteiger partial charge in [0.1, 0.15) is 0 Å². The van der Waals surface area contributed by atoms with Crippen LogP contribution in [0.15, 0.2) is 61.1 Å². The van der Waals surface area contributed by atoms with Gasteiger partial charge in [0.25, 0.3) is 0 Å². The van der Waals surface area contributed by atoms with Crippen LogP contribution in [0, 0.1) is 0 Å². The Bertz CT molecular complexity index is 839. The standard InChI is InChI=1S/C22H26N4O/c27-21-10-8-20(9-11-21)24-14-19-16-26(15-17-5-2-1-3-6-17)25-22(19)18-7-4-12-23-13-18/h1-7,12-13,16,20-21,24,27H,8-11,14-15H2. The maximum absolute atomic E-state index is 9.70. The molecule has 1 saturated carbocycles. The molecule has 2 aromatic heterocycles. The highest BCUT2D eigenvalue weighted by Crippen LogP contribution is 2.23. The van der Waals surface area contributed by atoms with Gasteiger partial charge in [-0.05, 0) is 43.4 Å². The lowest BCUT2D eigenvalue weighted by Gasteiger charge is -2.26. The first-order valence-electron chi connectivity index (χ1n) is 9.70. The minimum absolute atomic E-state index is 0.123. The van der Waals surface area contributed by atoms with Gasteiger partial charge in [-0.15, -0.1) is 0 Å². The summed E-state index contributed by atoms with van der Waals surface area (Å²) in [6.07, 6.45) is 9.51. The lowest BCUT2D eigenvalue weighted by Crippen LogP contribution is -2.34. The minimum Gasteiger partial charge on any atom is -0.393 e. The van der Waals surface area contributed by atoms with Crippen molar-refractivity contribution in [1.29, 1.82) is 0 Å². The number of hydrogen-bond donors (Lipinski definition) is 2. The highest BCUT2D eigenvalue weighted by molar-refractivity contribution is 5.61. The molecule has 0 bridgehead atoms. The van der Waals surface area contributed by atoms with Gasteiger partial charge < -0.3 is 10.4 Å². The van der Waals surface area contributed by atoms with E-state index in [0.29, 0.717) is 6.04 Å². The third-order valence-corrected chi connectivity index (χ3v) is 5.24. The Balaban J connectivity index is 1.53. The van der Waals surface area contributed by atoms with Crippen LogP contribution < -0.4 is 5.32 Å². The number of aliphatic hydroxyl groups is 1. The Morgan fingerprint density at radius 1 is 1.04 bits per heavy atom. The summed E-state index contributed by atoms with van der Waals surface area (Å²) in [5.41, 5.74) is 4.45. The third kappa shape index (κ3) is 4.62. The van der Waals surface area contributed by atoms with E-state index in [4.69, 9.17) is 5.10 Å². The van der Waals surface area contributed by atoms with Crippen LogP contribution in [0.5, 0.6) is 0 Å². The average Bonchev–Trinajstić information content (AvgIpc) is 3.12. The molecule has 1 aromatic carbocycles. The third-order valence-electron chi connectivity index (χ3n) is 5.24. The molecule has 27 heavy (non-hydrogen) atoms. The van der Waals surface area contributed by atoms with E-state index < -0.39 is 0 Å². The Morgan fingerprint density at radius 2 is 1.85 bits per heavy atom. The molecule has 3 aromatic rings. The number of aromatic nitrogens is 3. The van der Waals surface area contributed by atoms with Crippen molar-refractivity contribution in [3.8, 4) is 11.3 Å². The number of pyridine rings is 1. The lowest BCUT2D eigenvalue weighted by atomic mass is 9.93. The summed E-state index contributed by atoms with van der Waals surface area (Å²) in [5.74, 6) is 0. The molecule has 2 N–H and O–H groups in total. The van der Waals surface area contributed by atoms with Gasteiger partial charge in [-0.2, -0.15) is 5.10 Å². The fourth-order valence-corrected chi connectivity index (χ4v) is 3.72. The molecular weight excluding hydrogens is 336 g/mol. The van der Waals surface area contributed by atoms with E-state index in [0.717, 1.165) is 50.0 Å². The Hall–Kier alpha value is -2.50. The van der Waals surface area contributed by atoms with Crippen molar-refractivity contribution in [2.75, 3.05) is 0 Å². The van der Waals surface area contributed by atoms with Crippen LogP contribution in [0.1, 0.15) is 36.8 Å². The molecule has 5 nitrogen and oxygen atoms in total. The van der Waals surface area contributed by atoms with Crippen LogP contribution in [0.2, 0.25) is 0 Å². The zero-order chi connectivity index (χ0) is 18.5. The molecule has 0 radical (unpaired) electrons. The van der Waals surface area contributed by atoms with E-state index in [1.807, 2.05) is 23.0 Å². The fourth-order valence-electron chi connectivity index (χ4n) is 3.72. The van der Waals surface area contributed by atoms with Gasteiger partial charge in [0.2, 0.25) is 0 Å². The summed E-state index contributed by atoms with van der Waals surface area (Å²) in [6, 6.07) is 14.9. The second-order valence-corrected chi connectivity index (χ2v) is 7.31. The average molecular weight is 362 g/mol. The smallest absolute Gasteiger partial charge is 0.0983 e. The Kier molecular flexibility index (Phi) is 5.61. The molecule has 4 rings (SSSR count). The monoisotopic (exact) mass is 362 g/mol. The Labute approximate surface area is 160 Å². The number of benzene rings is 1. The molecule has 1 aliphatic carbocycles. The van der Waals surface area contributed by atoms with Crippen LogP contribution in [0.4, 0.5) is 0 Å². The molecule has 1 fully saturated rings. The van der Waals surface area contributed by atoms with Crippen LogP contribution in [0.25, 0.3) is 11.3 Å². The summed E-state index contributed by atoms with van der Waals surface area (Å²) >= 11 is 0. The summed E-state index contributed by atoms with van der Waals surface area (Å²) < 4.78 is 2.01. The molecule has 0 spiro atoms. The van der Waals surface area contributed by atoms with Crippen molar-refractivity contribution >= 4 is 0 Å². The van der Waals surface area contributed by atoms with E-state index in [2.05, 4.69) is 46.8 Å². The van der Waals surface area contributed by atoms with Gasteiger partial charge in [0.05, 0.1) is 18.3 Å². The van der Waals surface area contributed by atoms with Crippen molar-refractivity contribution < 1.29 is 5.11 Å². The molecule has 0 aliphatic heterocycles. The zero-order valence-corrected chi connectivity index (χ0v) is 15.5. The van der Waals surface area contributed by atoms with Gasteiger partial charge in [-0.3, -0.25) is 9.67 Å². The van der Waals surface area contributed by atoms with Gasteiger partial charge in [0, 0.05) is 42.3 Å². The number of rotatable bonds is 6. The number of nitrogens with zero attached hydrogens (tertiary/aromatic N) is 3. The van der Waals surface area contributed by atoms with E-state index in [1.54, 1.807) is 6.20 Å². The van der Waals surface area contributed by atoms with Gasteiger partial charge in [-0.1, -0.05) is 30.3 Å². The summed E-state index contributed by atoms with van der Waals surface area (Å²) in [4.78, 5) is 4.26. The van der Waals surface area contributed by atoms with Crippen LogP contribution in [-0.4, -0.2) is 32.0 Å². The van der Waals surface area contributed by atoms with Gasteiger partial charge in [0.15, 0.2) is 0 Å². The largest absolute Gasteiger partial charge is 0.393 e. The minimum atomic E-state index is -0.123. The van der Waals surface area contributed by atoms with Gasteiger partial charge in [-0.25, -0.2) is 0 Å². The first-order chi connectivity index (χ1) is 13.3. The van der Waals surface area contributed by atoms with E-state index in [9.17, 15) is 5.11 Å².